The van der Waals surface area contributed by atoms with E-state index in [2.05, 4.69) is 0 Å². The summed E-state index contributed by atoms with van der Waals surface area (Å²) in [7, 11) is 0. The molecule has 4 heteroatoms. The Balaban J connectivity index is 3.34. The lowest BCUT2D eigenvalue weighted by molar-refractivity contribution is -0.131. The van der Waals surface area contributed by atoms with Crippen molar-refractivity contribution in [3.8, 4) is 0 Å². The molecule has 0 amide bonds. The first-order chi connectivity index (χ1) is 7.52. The van der Waals surface area contributed by atoms with Gasteiger partial charge in [0, 0.05) is 6.08 Å². The standard InChI is InChI=1S/C12H22O4/c1-10(13)6-4-2-3-5-7-11(14)8-9-12(15)16/h8-11,13-14H,2-7H2,1H3,(H,15,16). The molecular weight excluding hydrogens is 208 g/mol. The van der Waals surface area contributed by atoms with Crippen LogP contribution in [-0.4, -0.2) is 33.5 Å². The number of carboxylic acid groups (broad SMARTS) is 1. The quantitative estimate of drug-likeness (QED) is 0.416. The van der Waals surface area contributed by atoms with Crippen LogP contribution in [0.5, 0.6) is 0 Å². The summed E-state index contributed by atoms with van der Waals surface area (Å²) in [6.07, 6.45) is 6.72. The molecule has 0 saturated heterocycles. The van der Waals surface area contributed by atoms with Gasteiger partial charge in [-0.3, -0.25) is 0 Å². The molecule has 0 aliphatic rings. The normalized spacial score (nSPS) is 15.2. The predicted octanol–water partition coefficient (Wildman–Crippen LogP) is 1.71. The first kappa shape index (κ1) is 15.1. The molecule has 16 heavy (non-hydrogen) atoms. The molecule has 0 spiro atoms. The van der Waals surface area contributed by atoms with Crippen LogP contribution in [-0.2, 0) is 4.79 Å². The SMILES string of the molecule is CC(O)CCCCCCC(O)C=CC(=O)O. The molecule has 0 rings (SSSR count). The van der Waals surface area contributed by atoms with E-state index in [-0.39, 0.29) is 6.10 Å². The third-order valence-electron chi connectivity index (χ3n) is 2.33. The summed E-state index contributed by atoms with van der Waals surface area (Å²) in [5.74, 6) is -1.03. The zero-order valence-corrected chi connectivity index (χ0v) is 9.80. The number of aliphatic hydroxyl groups excluding tert-OH is 2. The molecule has 2 unspecified atom stereocenters. The molecule has 94 valence electrons. The fourth-order valence-electron chi connectivity index (χ4n) is 1.44. The summed E-state index contributed by atoms with van der Waals surface area (Å²) < 4.78 is 0. The minimum Gasteiger partial charge on any atom is -0.478 e. The van der Waals surface area contributed by atoms with Crippen LogP contribution in [0.15, 0.2) is 12.2 Å². The van der Waals surface area contributed by atoms with Crippen molar-refractivity contribution in [2.24, 2.45) is 0 Å². The van der Waals surface area contributed by atoms with Crippen molar-refractivity contribution in [1.82, 2.24) is 0 Å². The summed E-state index contributed by atoms with van der Waals surface area (Å²) in [6, 6.07) is 0. The van der Waals surface area contributed by atoms with Crippen LogP contribution >= 0.6 is 0 Å². The van der Waals surface area contributed by atoms with E-state index in [1.54, 1.807) is 6.92 Å². The first-order valence-corrected chi connectivity index (χ1v) is 5.79. The minimum absolute atomic E-state index is 0.232. The van der Waals surface area contributed by atoms with Gasteiger partial charge in [-0.15, -0.1) is 0 Å². The predicted molar refractivity (Wildman–Crippen MR) is 62.2 cm³/mol. The maximum atomic E-state index is 10.2. The Morgan fingerprint density at radius 2 is 1.69 bits per heavy atom. The fraction of sp³-hybridized carbons (Fsp3) is 0.750. The second kappa shape index (κ2) is 9.36. The van der Waals surface area contributed by atoms with Crippen LogP contribution < -0.4 is 0 Å². The fourth-order valence-corrected chi connectivity index (χ4v) is 1.44. The van der Waals surface area contributed by atoms with E-state index in [0.717, 1.165) is 38.2 Å². The van der Waals surface area contributed by atoms with E-state index in [1.165, 1.54) is 6.08 Å². The van der Waals surface area contributed by atoms with Crippen LogP contribution in [0.3, 0.4) is 0 Å². The highest BCUT2D eigenvalue weighted by molar-refractivity contribution is 5.79. The average molecular weight is 230 g/mol. The van der Waals surface area contributed by atoms with Gasteiger partial charge in [0.25, 0.3) is 0 Å². The molecule has 3 N–H and O–H groups in total. The van der Waals surface area contributed by atoms with Gasteiger partial charge in [-0.25, -0.2) is 4.79 Å². The van der Waals surface area contributed by atoms with E-state index >= 15 is 0 Å². The highest BCUT2D eigenvalue weighted by Crippen LogP contribution is 2.09. The number of unbranched alkanes of at least 4 members (excludes halogenated alkanes) is 3. The zero-order valence-electron chi connectivity index (χ0n) is 9.80. The number of hydrogen-bond donors (Lipinski definition) is 3. The number of aliphatic carboxylic acids is 1. The van der Waals surface area contributed by atoms with Gasteiger partial charge in [-0.1, -0.05) is 25.7 Å². The van der Waals surface area contributed by atoms with Crippen molar-refractivity contribution in [1.29, 1.82) is 0 Å². The van der Waals surface area contributed by atoms with Crippen molar-refractivity contribution in [2.45, 2.75) is 57.7 Å². The molecule has 0 bridgehead atoms. The average Bonchev–Trinajstić information content (AvgIpc) is 2.19. The molecule has 4 nitrogen and oxygen atoms in total. The molecule has 0 radical (unpaired) electrons. The van der Waals surface area contributed by atoms with Crippen LogP contribution in [0.2, 0.25) is 0 Å². The second-order valence-corrected chi connectivity index (χ2v) is 4.11. The Bertz CT molecular complexity index is 211. The molecule has 0 saturated carbocycles. The van der Waals surface area contributed by atoms with Gasteiger partial charge >= 0.3 is 5.97 Å². The van der Waals surface area contributed by atoms with Crippen LogP contribution in [0.25, 0.3) is 0 Å². The van der Waals surface area contributed by atoms with Crippen molar-refractivity contribution < 1.29 is 20.1 Å². The van der Waals surface area contributed by atoms with Crippen LogP contribution in [0.1, 0.15) is 45.4 Å². The molecular formula is C12H22O4. The second-order valence-electron chi connectivity index (χ2n) is 4.11. The molecule has 0 aliphatic heterocycles. The lowest BCUT2D eigenvalue weighted by Gasteiger charge is -2.06. The summed E-state index contributed by atoms with van der Waals surface area (Å²) in [5.41, 5.74) is 0. The maximum absolute atomic E-state index is 10.2. The third kappa shape index (κ3) is 11.2. The molecule has 0 aromatic heterocycles. The van der Waals surface area contributed by atoms with E-state index in [4.69, 9.17) is 10.2 Å². The summed E-state index contributed by atoms with van der Waals surface area (Å²) >= 11 is 0. The van der Waals surface area contributed by atoms with E-state index in [0.29, 0.717) is 6.42 Å². The van der Waals surface area contributed by atoms with Gasteiger partial charge in [-0.05, 0) is 25.8 Å². The molecule has 0 aliphatic carbocycles. The van der Waals surface area contributed by atoms with Crippen LogP contribution in [0, 0.1) is 0 Å². The Morgan fingerprint density at radius 1 is 1.12 bits per heavy atom. The Kier molecular flexibility index (Phi) is 8.85. The van der Waals surface area contributed by atoms with Crippen molar-refractivity contribution in [3.05, 3.63) is 12.2 Å². The number of rotatable bonds is 9. The molecule has 0 heterocycles. The van der Waals surface area contributed by atoms with Crippen molar-refractivity contribution in [2.75, 3.05) is 0 Å². The van der Waals surface area contributed by atoms with Gasteiger partial charge in [0.2, 0.25) is 0 Å². The lowest BCUT2D eigenvalue weighted by Crippen LogP contribution is -2.03. The summed E-state index contributed by atoms with van der Waals surface area (Å²) in [6.45, 7) is 1.78. The van der Waals surface area contributed by atoms with Gasteiger partial charge in [0.05, 0.1) is 12.2 Å². The Hall–Kier alpha value is -0.870. The van der Waals surface area contributed by atoms with Crippen LogP contribution in [0.4, 0.5) is 0 Å². The Morgan fingerprint density at radius 3 is 2.19 bits per heavy atom. The Labute approximate surface area is 96.6 Å². The minimum atomic E-state index is -1.03. The lowest BCUT2D eigenvalue weighted by atomic mass is 10.1. The van der Waals surface area contributed by atoms with E-state index in [9.17, 15) is 9.90 Å². The van der Waals surface area contributed by atoms with Crippen molar-refractivity contribution >= 4 is 5.97 Å². The van der Waals surface area contributed by atoms with Gasteiger partial charge in [0.1, 0.15) is 0 Å². The topological polar surface area (TPSA) is 77.8 Å². The highest BCUT2D eigenvalue weighted by Gasteiger charge is 2.00. The zero-order chi connectivity index (χ0) is 12.4. The molecule has 0 aromatic carbocycles. The maximum Gasteiger partial charge on any atom is 0.328 e. The summed E-state index contributed by atoms with van der Waals surface area (Å²) in [4.78, 5) is 10.2. The van der Waals surface area contributed by atoms with Gasteiger partial charge in [0.15, 0.2) is 0 Å². The smallest absolute Gasteiger partial charge is 0.328 e. The number of carbonyl (C=O) groups is 1. The monoisotopic (exact) mass is 230 g/mol. The number of aliphatic hydroxyl groups is 2. The first-order valence-electron chi connectivity index (χ1n) is 5.79. The largest absolute Gasteiger partial charge is 0.478 e. The summed E-state index contributed by atoms with van der Waals surface area (Å²) in [5, 5.41) is 26.7. The van der Waals surface area contributed by atoms with Gasteiger partial charge < -0.3 is 15.3 Å². The van der Waals surface area contributed by atoms with E-state index in [1.807, 2.05) is 0 Å². The molecule has 0 aromatic rings. The number of hydrogen-bond acceptors (Lipinski definition) is 3. The molecule has 2 atom stereocenters. The van der Waals surface area contributed by atoms with Gasteiger partial charge in [-0.2, -0.15) is 0 Å². The highest BCUT2D eigenvalue weighted by atomic mass is 16.4. The number of carboxylic acids is 1. The van der Waals surface area contributed by atoms with E-state index < -0.39 is 12.1 Å². The third-order valence-corrected chi connectivity index (χ3v) is 2.33. The van der Waals surface area contributed by atoms with Crippen molar-refractivity contribution in [3.63, 3.8) is 0 Å². The molecule has 0 fully saturated rings.